The van der Waals surface area contributed by atoms with Crippen molar-refractivity contribution in [3.63, 3.8) is 0 Å². The maximum atomic E-state index is 13.5. The van der Waals surface area contributed by atoms with Crippen LogP contribution in [-0.4, -0.2) is 18.9 Å². The van der Waals surface area contributed by atoms with Crippen LogP contribution < -0.4 is 5.32 Å². The van der Waals surface area contributed by atoms with E-state index in [0.29, 0.717) is 0 Å². The molecule has 0 aliphatic heterocycles. The van der Waals surface area contributed by atoms with Crippen molar-refractivity contribution in [2.45, 2.75) is 6.92 Å². The zero-order valence-corrected chi connectivity index (χ0v) is 8.81. The number of Topliss-reactive ketones (excluding diaryl/α,β-unsaturated/α-hetero) is 1. The molecule has 1 aromatic rings. The molecule has 0 aliphatic carbocycles. The summed E-state index contributed by atoms with van der Waals surface area (Å²) in [6.07, 6.45) is 4.97. The second kappa shape index (κ2) is 5.38. The van der Waals surface area contributed by atoms with E-state index in [1.165, 1.54) is 13.0 Å². The molecule has 0 fully saturated rings. The van der Waals surface area contributed by atoms with Gasteiger partial charge in [-0.2, -0.15) is 0 Å². The smallest absolute Gasteiger partial charge is 0.182 e. The van der Waals surface area contributed by atoms with Crippen LogP contribution in [0.15, 0.2) is 12.1 Å². The minimum absolute atomic E-state index is 0.179. The topological polar surface area (TPSA) is 29.1 Å². The molecular weight excluding hydrogens is 212 g/mol. The third-order valence-electron chi connectivity index (χ3n) is 2.08. The van der Waals surface area contributed by atoms with Crippen LogP contribution in [0.25, 0.3) is 0 Å². The summed E-state index contributed by atoms with van der Waals surface area (Å²) in [6.45, 7) is 1.47. The fourth-order valence-corrected chi connectivity index (χ4v) is 1.25. The molecule has 0 saturated heterocycles. The SMILES string of the molecule is C#CCNCC(=O)c1c(F)ccc(C)c1F. The molecule has 0 amide bonds. The van der Waals surface area contributed by atoms with Gasteiger partial charge in [-0.3, -0.25) is 10.1 Å². The Balaban J connectivity index is 2.91. The van der Waals surface area contributed by atoms with Crippen LogP contribution in [0, 0.1) is 30.9 Å². The van der Waals surface area contributed by atoms with E-state index in [-0.39, 0.29) is 18.7 Å². The Kier molecular flexibility index (Phi) is 4.15. The predicted molar refractivity (Wildman–Crippen MR) is 57.1 cm³/mol. The maximum Gasteiger partial charge on any atom is 0.182 e. The number of nitrogens with one attached hydrogen (secondary N) is 1. The van der Waals surface area contributed by atoms with E-state index in [0.717, 1.165) is 6.07 Å². The highest BCUT2D eigenvalue weighted by molar-refractivity contribution is 5.98. The minimum atomic E-state index is -0.851. The van der Waals surface area contributed by atoms with Crippen molar-refractivity contribution < 1.29 is 13.6 Å². The molecule has 2 nitrogen and oxygen atoms in total. The molecule has 4 heteroatoms. The van der Waals surface area contributed by atoms with Crippen LogP contribution in [0.1, 0.15) is 15.9 Å². The number of terminal acetylenes is 1. The van der Waals surface area contributed by atoms with E-state index in [9.17, 15) is 13.6 Å². The van der Waals surface area contributed by atoms with Gasteiger partial charge in [0.05, 0.1) is 18.7 Å². The molecule has 0 heterocycles. The number of carbonyl (C=O) groups excluding carboxylic acids is 1. The Morgan fingerprint density at radius 2 is 2.19 bits per heavy atom. The van der Waals surface area contributed by atoms with Gasteiger partial charge in [0, 0.05) is 0 Å². The van der Waals surface area contributed by atoms with Crippen LogP contribution in [0.2, 0.25) is 0 Å². The number of ketones is 1. The van der Waals surface area contributed by atoms with Gasteiger partial charge in [0.2, 0.25) is 0 Å². The molecule has 0 unspecified atom stereocenters. The van der Waals surface area contributed by atoms with Crippen molar-refractivity contribution in [2.75, 3.05) is 13.1 Å². The average Bonchev–Trinajstić information content (AvgIpc) is 2.24. The molecule has 16 heavy (non-hydrogen) atoms. The quantitative estimate of drug-likeness (QED) is 0.478. The van der Waals surface area contributed by atoms with Crippen LogP contribution in [0.5, 0.6) is 0 Å². The summed E-state index contributed by atoms with van der Waals surface area (Å²) >= 11 is 0. The first-order valence-corrected chi connectivity index (χ1v) is 4.70. The molecule has 0 spiro atoms. The fraction of sp³-hybridized carbons (Fsp3) is 0.250. The van der Waals surface area contributed by atoms with Gasteiger partial charge >= 0.3 is 0 Å². The van der Waals surface area contributed by atoms with Gasteiger partial charge in [0.15, 0.2) is 5.78 Å². The van der Waals surface area contributed by atoms with Crippen molar-refractivity contribution in [1.82, 2.24) is 5.32 Å². The number of hydrogen-bond acceptors (Lipinski definition) is 2. The van der Waals surface area contributed by atoms with Gasteiger partial charge in [0.1, 0.15) is 11.6 Å². The summed E-state index contributed by atoms with van der Waals surface area (Å²) in [4.78, 5) is 11.5. The van der Waals surface area contributed by atoms with E-state index in [4.69, 9.17) is 6.42 Å². The number of carbonyl (C=O) groups is 1. The molecule has 0 radical (unpaired) electrons. The molecule has 0 bridgehead atoms. The summed E-state index contributed by atoms with van der Waals surface area (Å²) in [5.41, 5.74) is -0.272. The minimum Gasteiger partial charge on any atom is -0.299 e. The third kappa shape index (κ3) is 2.65. The molecule has 1 aromatic carbocycles. The molecule has 1 N–H and O–H groups in total. The Morgan fingerprint density at radius 1 is 1.50 bits per heavy atom. The van der Waals surface area contributed by atoms with Crippen molar-refractivity contribution in [3.8, 4) is 12.3 Å². The van der Waals surface area contributed by atoms with Gasteiger partial charge in [-0.15, -0.1) is 6.42 Å². The van der Waals surface area contributed by atoms with Crippen molar-refractivity contribution in [2.24, 2.45) is 0 Å². The highest BCUT2D eigenvalue weighted by Crippen LogP contribution is 2.16. The lowest BCUT2D eigenvalue weighted by molar-refractivity contribution is 0.0984. The van der Waals surface area contributed by atoms with E-state index in [1.54, 1.807) is 0 Å². The Bertz CT molecular complexity index is 449. The second-order valence-corrected chi connectivity index (χ2v) is 3.28. The first-order valence-electron chi connectivity index (χ1n) is 4.70. The molecule has 0 aromatic heterocycles. The van der Waals surface area contributed by atoms with Crippen LogP contribution in [-0.2, 0) is 0 Å². The maximum absolute atomic E-state index is 13.5. The molecule has 0 atom stereocenters. The van der Waals surface area contributed by atoms with Crippen molar-refractivity contribution in [1.29, 1.82) is 0 Å². The monoisotopic (exact) mass is 223 g/mol. The standard InChI is InChI=1S/C12H11F2NO/c1-3-6-15-7-10(16)11-9(13)5-4-8(2)12(11)14/h1,4-5,15H,6-7H2,2H3. The molecule has 84 valence electrons. The zero-order chi connectivity index (χ0) is 12.1. The predicted octanol–water partition coefficient (Wildman–Crippen LogP) is 1.68. The lowest BCUT2D eigenvalue weighted by Gasteiger charge is -2.06. The number of halogens is 2. The Hall–Kier alpha value is -1.73. The number of aryl methyl sites for hydroxylation is 1. The fourth-order valence-electron chi connectivity index (χ4n) is 1.25. The van der Waals surface area contributed by atoms with Crippen molar-refractivity contribution in [3.05, 3.63) is 34.9 Å². The second-order valence-electron chi connectivity index (χ2n) is 3.28. The molecular formula is C12H11F2NO. The van der Waals surface area contributed by atoms with Crippen LogP contribution in [0.3, 0.4) is 0 Å². The van der Waals surface area contributed by atoms with E-state index in [1.807, 2.05) is 0 Å². The summed E-state index contributed by atoms with van der Waals surface area (Å²) < 4.78 is 26.8. The number of rotatable bonds is 4. The molecule has 1 rings (SSSR count). The van der Waals surface area contributed by atoms with Gasteiger partial charge < -0.3 is 0 Å². The van der Waals surface area contributed by atoms with Gasteiger partial charge in [-0.25, -0.2) is 8.78 Å². The normalized spacial score (nSPS) is 9.88. The van der Waals surface area contributed by atoms with Crippen LogP contribution >= 0.6 is 0 Å². The van der Waals surface area contributed by atoms with E-state index in [2.05, 4.69) is 11.2 Å². The van der Waals surface area contributed by atoms with Gasteiger partial charge in [0.25, 0.3) is 0 Å². The Morgan fingerprint density at radius 3 is 2.81 bits per heavy atom. The lowest BCUT2D eigenvalue weighted by Crippen LogP contribution is -2.25. The summed E-state index contributed by atoms with van der Waals surface area (Å²) in [5, 5.41) is 2.59. The van der Waals surface area contributed by atoms with Gasteiger partial charge in [-0.1, -0.05) is 12.0 Å². The highest BCUT2D eigenvalue weighted by atomic mass is 19.1. The Labute approximate surface area is 92.7 Å². The lowest BCUT2D eigenvalue weighted by atomic mass is 10.1. The summed E-state index contributed by atoms with van der Waals surface area (Å²) in [5.74, 6) is -0.0440. The van der Waals surface area contributed by atoms with E-state index < -0.39 is 23.0 Å². The summed E-state index contributed by atoms with van der Waals surface area (Å²) in [7, 11) is 0. The molecule has 0 saturated carbocycles. The first kappa shape index (κ1) is 12.3. The first-order chi connectivity index (χ1) is 7.57. The van der Waals surface area contributed by atoms with E-state index >= 15 is 0 Å². The summed E-state index contributed by atoms with van der Waals surface area (Å²) in [6, 6.07) is 2.36. The van der Waals surface area contributed by atoms with Crippen molar-refractivity contribution >= 4 is 5.78 Å². The molecule has 0 aliphatic rings. The number of benzene rings is 1. The van der Waals surface area contributed by atoms with Crippen LogP contribution in [0.4, 0.5) is 8.78 Å². The average molecular weight is 223 g/mol. The number of hydrogen-bond donors (Lipinski definition) is 1. The highest BCUT2D eigenvalue weighted by Gasteiger charge is 2.18. The van der Waals surface area contributed by atoms with Gasteiger partial charge in [-0.05, 0) is 18.6 Å². The third-order valence-corrected chi connectivity index (χ3v) is 2.08. The zero-order valence-electron chi connectivity index (χ0n) is 8.81. The largest absolute Gasteiger partial charge is 0.299 e.